The zero-order valence-electron chi connectivity index (χ0n) is 12.4. The van der Waals surface area contributed by atoms with Crippen molar-refractivity contribution in [2.24, 2.45) is 5.92 Å². The van der Waals surface area contributed by atoms with Crippen LogP contribution >= 0.6 is 0 Å². The average molecular weight is 277 g/mol. The van der Waals surface area contributed by atoms with E-state index in [0.29, 0.717) is 23.3 Å². The summed E-state index contributed by atoms with van der Waals surface area (Å²) >= 11 is 0. The molecule has 4 nitrogen and oxygen atoms in total. The van der Waals surface area contributed by atoms with Gasteiger partial charge < -0.3 is 14.7 Å². The van der Waals surface area contributed by atoms with E-state index in [-0.39, 0.29) is 11.7 Å². The highest BCUT2D eigenvalue weighted by Gasteiger charge is 2.26. The molecule has 1 aromatic rings. The minimum Gasteiger partial charge on any atom is -0.504 e. The molecule has 0 aromatic heterocycles. The third-order valence-corrected chi connectivity index (χ3v) is 4.20. The van der Waals surface area contributed by atoms with Crippen molar-refractivity contribution in [3.63, 3.8) is 0 Å². The summed E-state index contributed by atoms with van der Waals surface area (Å²) in [6, 6.07) is 5.10. The second-order valence-electron chi connectivity index (χ2n) is 5.73. The molecule has 2 atom stereocenters. The van der Waals surface area contributed by atoms with Gasteiger partial charge in [0.2, 0.25) is 0 Å². The van der Waals surface area contributed by atoms with Crippen LogP contribution in [-0.4, -0.2) is 36.1 Å². The van der Waals surface area contributed by atoms with Gasteiger partial charge in [0, 0.05) is 18.7 Å². The smallest absolute Gasteiger partial charge is 0.253 e. The third kappa shape index (κ3) is 3.06. The highest BCUT2D eigenvalue weighted by Crippen LogP contribution is 2.29. The number of carbonyl (C=O) groups excluding carboxylic acids is 1. The lowest BCUT2D eigenvalue weighted by Crippen LogP contribution is -2.39. The van der Waals surface area contributed by atoms with Gasteiger partial charge in [-0.25, -0.2) is 0 Å². The first-order valence-electron chi connectivity index (χ1n) is 7.17. The van der Waals surface area contributed by atoms with Gasteiger partial charge in [-0.2, -0.15) is 0 Å². The van der Waals surface area contributed by atoms with Crippen LogP contribution in [0.15, 0.2) is 18.2 Å². The standard InChI is InChI=1S/C16H23NO3/c1-11-5-4-6-13(9-11)17(2)16(19)12-7-8-15(20-3)14(18)10-12/h7-8,10-11,13,18H,4-6,9H2,1-3H3. The first-order chi connectivity index (χ1) is 9.52. The molecule has 1 aromatic carbocycles. The lowest BCUT2D eigenvalue weighted by atomic mass is 9.86. The third-order valence-electron chi connectivity index (χ3n) is 4.20. The molecule has 1 aliphatic carbocycles. The van der Waals surface area contributed by atoms with Crippen LogP contribution in [0.2, 0.25) is 0 Å². The zero-order chi connectivity index (χ0) is 14.7. The molecule has 2 rings (SSSR count). The summed E-state index contributed by atoms with van der Waals surface area (Å²) in [5.41, 5.74) is 0.504. The lowest BCUT2D eigenvalue weighted by Gasteiger charge is -2.34. The van der Waals surface area contributed by atoms with Crippen molar-refractivity contribution in [2.75, 3.05) is 14.2 Å². The Kier molecular flexibility index (Phi) is 4.53. The number of methoxy groups -OCH3 is 1. The summed E-state index contributed by atoms with van der Waals surface area (Å²) in [6.45, 7) is 2.24. The van der Waals surface area contributed by atoms with Crippen LogP contribution in [-0.2, 0) is 0 Å². The van der Waals surface area contributed by atoms with Crippen LogP contribution in [0.25, 0.3) is 0 Å². The minimum atomic E-state index is -0.0398. The Bertz CT molecular complexity index is 487. The van der Waals surface area contributed by atoms with E-state index < -0.39 is 0 Å². The summed E-state index contributed by atoms with van der Waals surface area (Å²) in [7, 11) is 3.35. The number of hydrogen-bond acceptors (Lipinski definition) is 3. The molecule has 0 saturated heterocycles. The number of benzene rings is 1. The molecule has 4 heteroatoms. The predicted octanol–water partition coefficient (Wildman–Crippen LogP) is 3.05. The van der Waals surface area contributed by atoms with Crippen molar-refractivity contribution in [3.8, 4) is 11.5 Å². The quantitative estimate of drug-likeness (QED) is 0.923. The number of carbonyl (C=O) groups is 1. The van der Waals surface area contributed by atoms with Gasteiger partial charge in [-0.3, -0.25) is 4.79 Å². The Morgan fingerprint density at radius 2 is 2.15 bits per heavy atom. The van der Waals surface area contributed by atoms with E-state index >= 15 is 0 Å². The fourth-order valence-corrected chi connectivity index (χ4v) is 2.95. The largest absolute Gasteiger partial charge is 0.504 e. The maximum atomic E-state index is 12.5. The van der Waals surface area contributed by atoms with Gasteiger partial charge in [-0.1, -0.05) is 19.8 Å². The molecule has 20 heavy (non-hydrogen) atoms. The monoisotopic (exact) mass is 277 g/mol. The zero-order valence-corrected chi connectivity index (χ0v) is 12.4. The van der Waals surface area contributed by atoms with E-state index in [4.69, 9.17) is 4.74 Å². The minimum absolute atomic E-state index is 0.00348. The molecule has 1 aliphatic rings. The van der Waals surface area contributed by atoms with Crippen LogP contribution in [0.1, 0.15) is 43.0 Å². The molecule has 0 spiro atoms. The van der Waals surface area contributed by atoms with Crippen LogP contribution in [0, 0.1) is 5.92 Å². The maximum absolute atomic E-state index is 12.5. The topological polar surface area (TPSA) is 49.8 Å². The Morgan fingerprint density at radius 3 is 2.75 bits per heavy atom. The van der Waals surface area contributed by atoms with Gasteiger partial charge in [0.25, 0.3) is 5.91 Å². The molecule has 110 valence electrons. The van der Waals surface area contributed by atoms with E-state index in [2.05, 4.69) is 6.92 Å². The molecule has 1 amide bonds. The number of amides is 1. The lowest BCUT2D eigenvalue weighted by molar-refractivity contribution is 0.0672. The summed E-state index contributed by atoms with van der Waals surface area (Å²) in [5, 5.41) is 9.78. The van der Waals surface area contributed by atoms with Crippen LogP contribution in [0.5, 0.6) is 11.5 Å². The van der Waals surface area contributed by atoms with Crippen LogP contribution in [0.4, 0.5) is 0 Å². The molecule has 0 heterocycles. The number of phenols is 1. The molecule has 1 N–H and O–H groups in total. The number of rotatable bonds is 3. The Balaban J connectivity index is 2.11. The van der Waals surface area contributed by atoms with Gasteiger partial charge in [0.05, 0.1) is 7.11 Å². The van der Waals surface area contributed by atoms with E-state index in [1.807, 2.05) is 11.9 Å². The Hall–Kier alpha value is -1.71. The molecular weight excluding hydrogens is 254 g/mol. The molecule has 2 unspecified atom stereocenters. The van der Waals surface area contributed by atoms with Crippen LogP contribution in [0.3, 0.4) is 0 Å². The summed E-state index contributed by atoms with van der Waals surface area (Å²) in [6.07, 6.45) is 4.55. The van der Waals surface area contributed by atoms with Gasteiger partial charge in [0.1, 0.15) is 0 Å². The number of nitrogens with zero attached hydrogens (tertiary/aromatic N) is 1. The molecule has 1 fully saturated rings. The van der Waals surface area contributed by atoms with Crippen LogP contribution < -0.4 is 4.74 Å². The number of aromatic hydroxyl groups is 1. The molecular formula is C16H23NO3. The second kappa shape index (κ2) is 6.16. The number of ether oxygens (including phenoxy) is 1. The highest BCUT2D eigenvalue weighted by atomic mass is 16.5. The van der Waals surface area contributed by atoms with Crippen molar-refractivity contribution < 1.29 is 14.6 Å². The second-order valence-corrected chi connectivity index (χ2v) is 5.73. The van der Waals surface area contributed by atoms with Crippen molar-refractivity contribution in [1.29, 1.82) is 0 Å². The Labute approximate surface area is 120 Å². The summed E-state index contributed by atoms with van der Waals surface area (Å²) < 4.78 is 5.00. The van der Waals surface area contributed by atoms with Crippen molar-refractivity contribution in [1.82, 2.24) is 4.90 Å². The van der Waals surface area contributed by atoms with Crippen molar-refractivity contribution >= 4 is 5.91 Å². The molecule has 1 saturated carbocycles. The first-order valence-corrected chi connectivity index (χ1v) is 7.17. The van der Waals surface area contributed by atoms with Gasteiger partial charge in [-0.05, 0) is 37.0 Å². The summed E-state index contributed by atoms with van der Waals surface area (Å²) in [5.74, 6) is 1.02. The normalized spacial score (nSPS) is 22.4. The Morgan fingerprint density at radius 1 is 1.40 bits per heavy atom. The highest BCUT2D eigenvalue weighted by molar-refractivity contribution is 5.95. The molecule has 0 bridgehead atoms. The fourth-order valence-electron chi connectivity index (χ4n) is 2.95. The summed E-state index contributed by atoms with van der Waals surface area (Å²) in [4.78, 5) is 14.3. The van der Waals surface area contributed by atoms with Gasteiger partial charge >= 0.3 is 0 Å². The van der Waals surface area contributed by atoms with E-state index in [1.165, 1.54) is 26.0 Å². The number of hydrogen-bond donors (Lipinski definition) is 1. The predicted molar refractivity (Wildman–Crippen MR) is 78.2 cm³/mol. The maximum Gasteiger partial charge on any atom is 0.253 e. The average Bonchev–Trinajstić information content (AvgIpc) is 2.45. The van der Waals surface area contributed by atoms with Crippen molar-refractivity contribution in [2.45, 2.75) is 38.6 Å². The van der Waals surface area contributed by atoms with E-state index in [0.717, 1.165) is 12.8 Å². The SMILES string of the molecule is COc1ccc(C(=O)N(C)C2CCCC(C)C2)cc1O. The first kappa shape index (κ1) is 14.7. The fraction of sp³-hybridized carbons (Fsp3) is 0.562. The molecule has 0 aliphatic heterocycles. The van der Waals surface area contributed by atoms with Gasteiger partial charge in [0.15, 0.2) is 11.5 Å². The van der Waals surface area contributed by atoms with E-state index in [1.54, 1.807) is 12.1 Å². The van der Waals surface area contributed by atoms with E-state index in [9.17, 15) is 9.90 Å². The van der Waals surface area contributed by atoms with Crippen molar-refractivity contribution in [3.05, 3.63) is 23.8 Å². The number of phenolic OH excluding ortho intramolecular Hbond substituents is 1. The molecule has 0 radical (unpaired) electrons. The van der Waals surface area contributed by atoms with Gasteiger partial charge in [-0.15, -0.1) is 0 Å².